The summed E-state index contributed by atoms with van der Waals surface area (Å²) < 4.78 is 66.0. The smallest absolute Gasteiger partial charge is 0.420 e. The van der Waals surface area contributed by atoms with Gasteiger partial charge in [0.2, 0.25) is 0 Å². The maximum Gasteiger partial charge on any atom is 0.420 e. The number of hydrogen-bond acceptors (Lipinski definition) is 2. The van der Waals surface area contributed by atoms with Crippen molar-refractivity contribution in [3.8, 4) is 5.75 Å². The average Bonchev–Trinajstić information content (AvgIpc) is 2.12. The molecule has 0 aliphatic carbocycles. The van der Waals surface area contributed by atoms with Gasteiger partial charge in [0.15, 0.2) is 5.78 Å². The van der Waals surface area contributed by atoms with E-state index < -0.39 is 29.9 Å². The summed E-state index contributed by atoms with van der Waals surface area (Å²) in [5.74, 6) is -1.58. The van der Waals surface area contributed by atoms with Crippen LogP contribution in [0.15, 0.2) is 12.1 Å². The minimum atomic E-state index is -4.83. The Bertz CT molecular complexity index is 465. The molecule has 0 N–H and O–H groups in total. The third-order valence-electron chi connectivity index (χ3n) is 2.21. The Labute approximate surface area is 99.4 Å². The molecule has 2 nitrogen and oxygen atoms in total. The zero-order valence-electron chi connectivity index (χ0n) is 9.44. The number of carbonyl (C=O) groups is 1. The molecule has 1 aromatic carbocycles. The van der Waals surface area contributed by atoms with Gasteiger partial charge in [0.1, 0.15) is 11.3 Å². The number of hydrogen-bond donors (Lipinski definition) is 0. The van der Waals surface area contributed by atoms with Gasteiger partial charge in [-0.1, -0.05) is 0 Å². The molecule has 0 bridgehead atoms. The summed E-state index contributed by atoms with van der Waals surface area (Å²) in [4.78, 5) is 11.1. The minimum Gasteiger partial charge on any atom is -0.434 e. The second-order valence-corrected chi connectivity index (χ2v) is 3.60. The van der Waals surface area contributed by atoms with Crippen LogP contribution in [0.4, 0.5) is 22.0 Å². The maximum absolute atomic E-state index is 12.7. The second-order valence-electron chi connectivity index (χ2n) is 3.60. The van der Waals surface area contributed by atoms with Crippen molar-refractivity contribution in [3.05, 3.63) is 28.8 Å². The molecule has 0 spiro atoms. The Morgan fingerprint density at radius 3 is 2.22 bits per heavy atom. The summed E-state index contributed by atoms with van der Waals surface area (Å²) in [5.41, 5.74) is -1.75. The van der Waals surface area contributed by atoms with Gasteiger partial charge in [0, 0.05) is 5.56 Å². The lowest BCUT2D eigenvalue weighted by Gasteiger charge is -2.16. The highest BCUT2D eigenvalue weighted by atomic mass is 19.4. The van der Waals surface area contributed by atoms with Gasteiger partial charge in [-0.2, -0.15) is 22.0 Å². The van der Waals surface area contributed by atoms with E-state index in [4.69, 9.17) is 0 Å². The van der Waals surface area contributed by atoms with Gasteiger partial charge in [-0.15, -0.1) is 0 Å². The summed E-state index contributed by atoms with van der Waals surface area (Å²) in [6.45, 7) is -1.20. The summed E-state index contributed by atoms with van der Waals surface area (Å²) in [6, 6.07) is 1.66. The fraction of sp³-hybridized carbons (Fsp3) is 0.364. The summed E-state index contributed by atoms with van der Waals surface area (Å²) in [5, 5.41) is 0. The van der Waals surface area contributed by atoms with E-state index in [2.05, 4.69) is 4.74 Å². The number of rotatable bonds is 3. The standard InChI is InChI=1S/C11H9F5O2/c1-5-3-7(6(2)17)4-8(18-10(12)13)9(5)11(14,15)16/h3-4,10H,1-2H3. The van der Waals surface area contributed by atoms with Gasteiger partial charge in [0.25, 0.3) is 0 Å². The van der Waals surface area contributed by atoms with Crippen LogP contribution in [0.25, 0.3) is 0 Å². The Balaban J connectivity index is 3.45. The molecular weight excluding hydrogens is 259 g/mol. The first-order chi connectivity index (χ1) is 8.12. The molecule has 0 aromatic heterocycles. The van der Waals surface area contributed by atoms with Crippen molar-refractivity contribution in [2.24, 2.45) is 0 Å². The van der Waals surface area contributed by atoms with Gasteiger partial charge >= 0.3 is 12.8 Å². The second kappa shape index (κ2) is 4.91. The molecule has 0 fully saturated rings. The van der Waals surface area contributed by atoms with Crippen LogP contribution in [-0.2, 0) is 6.18 Å². The first-order valence-corrected chi connectivity index (χ1v) is 4.80. The molecule has 0 heterocycles. The fourth-order valence-electron chi connectivity index (χ4n) is 1.51. The lowest BCUT2D eigenvalue weighted by atomic mass is 10.0. The third kappa shape index (κ3) is 3.18. The van der Waals surface area contributed by atoms with Gasteiger partial charge in [0.05, 0.1) is 0 Å². The number of benzene rings is 1. The molecule has 7 heteroatoms. The van der Waals surface area contributed by atoms with E-state index in [1.165, 1.54) is 0 Å². The Hall–Kier alpha value is -1.66. The Morgan fingerprint density at radius 2 is 1.83 bits per heavy atom. The third-order valence-corrected chi connectivity index (χ3v) is 2.21. The molecule has 0 aliphatic heterocycles. The molecule has 0 amide bonds. The molecule has 1 rings (SSSR count). The van der Waals surface area contributed by atoms with Crippen LogP contribution >= 0.6 is 0 Å². The summed E-state index contributed by atoms with van der Waals surface area (Å²) in [6.07, 6.45) is -4.83. The predicted octanol–water partition coefficient (Wildman–Crippen LogP) is 3.82. The first-order valence-electron chi connectivity index (χ1n) is 4.80. The van der Waals surface area contributed by atoms with Crippen LogP contribution in [0, 0.1) is 6.92 Å². The molecule has 0 aliphatic rings. The van der Waals surface area contributed by atoms with Crippen molar-refractivity contribution >= 4 is 5.78 Å². The van der Waals surface area contributed by atoms with E-state index in [0.29, 0.717) is 6.07 Å². The van der Waals surface area contributed by atoms with Gasteiger partial charge < -0.3 is 4.74 Å². The number of ether oxygens (including phenoxy) is 1. The quantitative estimate of drug-likeness (QED) is 0.615. The van der Waals surface area contributed by atoms with E-state index in [1.807, 2.05) is 0 Å². The number of halogens is 5. The molecular formula is C11H9F5O2. The molecule has 100 valence electrons. The van der Waals surface area contributed by atoms with Crippen molar-refractivity contribution in [1.82, 2.24) is 0 Å². The van der Waals surface area contributed by atoms with Crippen LogP contribution in [-0.4, -0.2) is 12.4 Å². The van der Waals surface area contributed by atoms with Crippen molar-refractivity contribution < 1.29 is 31.5 Å². The number of alkyl halides is 5. The largest absolute Gasteiger partial charge is 0.434 e. The van der Waals surface area contributed by atoms with Gasteiger partial charge in [-0.3, -0.25) is 4.79 Å². The van der Waals surface area contributed by atoms with Gasteiger partial charge in [-0.25, -0.2) is 0 Å². The maximum atomic E-state index is 12.7. The normalized spacial score (nSPS) is 11.8. The molecule has 0 radical (unpaired) electrons. The highest BCUT2D eigenvalue weighted by molar-refractivity contribution is 5.94. The van der Waals surface area contributed by atoms with Crippen LogP contribution in [0.1, 0.15) is 28.4 Å². The zero-order valence-corrected chi connectivity index (χ0v) is 9.44. The molecule has 0 saturated carbocycles. The number of ketones is 1. The molecule has 1 aromatic rings. The van der Waals surface area contributed by atoms with Crippen LogP contribution < -0.4 is 4.74 Å². The SMILES string of the molecule is CC(=O)c1cc(C)c(C(F)(F)F)c(OC(F)F)c1. The van der Waals surface area contributed by atoms with Crippen LogP contribution in [0.5, 0.6) is 5.75 Å². The van der Waals surface area contributed by atoms with Crippen molar-refractivity contribution in [1.29, 1.82) is 0 Å². The van der Waals surface area contributed by atoms with Crippen molar-refractivity contribution in [3.63, 3.8) is 0 Å². The Kier molecular flexibility index (Phi) is 3.93. The van der Waals surface area contributed by atoms with E-state index in [9.17, 15) is 26.7 Å². The lowest BCUT2D eigenvalue weighted by Crippen LogP contribution is -2.14. The summed E-state index contributed by atoms with van der Waals surface area (Å²) >= 11 is 0. The zero-order chi connectivity index (χ0) is 14.1. The van der Waals surface area contributed by atoms with Crippen molar-refractivity contribution in [2.45, 2.75) is 26.6 Å². The van der Waals surface area contributed by atoms with E-state index in [0.717, 1.165) is 19.9 Å². The topological polar surface area (TPSA) is 26.3 Å². The fourth-order valence-corrected chi connectivity index (χ4v) is 1.51. The molecule has 0 unspecified atom stereocenters. The highest BCUT2D eigenvalue weighted by Gasteiger charge is 2.37. The average molecular weight is 268 g/mol. The molecule has 0 saturated heterocycles. The van der Waals surface area contributed by atoms with E-state index in [1.54, 1.807) is 0 Å². The lowest BCUT2D eigenvalue weighted by molar-refractivity contribution is -0.142. The number of carbonyl (C=O) groups excluding carboxylic acids is 1. The monoisotopic (exact) mass is 268 g/mol. The van der Waals surface area contributed by atoms with E-state index >= 15 is 0 Å². The van der Waals surface area contributed by atoms with Crippen LogP contribution in [0.3, 0.4) is 0 Å². The van der Waals surface area contributed by atoms with Gasteiger partial charge in [-0.05, 0) is 31.5 Å². The predicted molar refractivity (Wildman–Crippen MR) is 52.8 cm³/mol. The summed E-state index contributed by atoms with van der Waals surface area (Å²) in [7, 11) is 0. The minimum absolute atomic E-state index is 0.115. The number of aryl methyl sites for hydroxylation is 1. The van der Waals surface area contributed by atoms with Crippen LogP contribution in [0.2, 0.25) is 0 Å². The molecule has 18 heavy (non-hydrogen) atoms. The van der Waals surface area contributed by atoms with E-state index in [-0.39, 0.29) is 11.1 Å². The van der Waals surface area contributed by atoms with Crippen molar-refractivity contribution in [2.75, 3.05) is 0 Å². The Morgan fingerprint density at radius 1 is 1.28 bits per heavy atom. The highest BCUT2D eigenvalue weighted by Crippen LogP contribution is 2.40. The first kappa shape index (κ1) is 14.4. The number of Topliss-reactive ketones (excluding diaryl/α,β-unsaturated/α-hetero) is 1. The molecule has 0 atom stereocenters.